The van der Waals surface area contributed by atoms with E-state index in [0.717, 1.165) is 16.7 Å². The Hall–Kier alpha value is -2.21. The van der Waals surface area contributed by atoms with E-state index in [0.29, 0.717) is 11.7 Å². The van der Waals surface area contributed by atoms with Crippen LogP contribution in [-0.4, -0.2) is 14.5 Å². The lowest BCUT2D eigenvalue weighted by atomic mass is 10.3. The molecule has 0 saturated heterocycles. The number of para-hydroxylation sites is 2. The third kappa shape index (κ3) is 1.86. The van der Waals surface area contributed by atoms with Crippen LogP contribution < -0.4 is 11.3 Å². The summed E-state index contributed by atoms with van der Waals surface area (Å²) in [5.41, 5.74) is 7.83. The summed E-state index contributed by atoms with van der Waals surface area (Å²) < 4.78 is 1.65. The zero-order valence-electron chi connectivity index (χ0n) is 9.41. The van der Waals surface area contributed by atoms with Crippen molar-refractivity contribution in [3.8, 4) is 0 Å². The summed E-state index contributed by atoms with van der Waals surface area (Å²) in [7, 11) is 0. The van der Waals surface area contributed by atoms with Crippen molar-refractivity contribution in [2.24, 2.45) is 0 Å². The lowest BCUT2D eigenvalue weighted by Crippen LogP contribution is -2.21. The van der Waals surface area contributed by atoms with E-state index in [4.69, 9.17) is 5.73 Å². The third-order valence-corrected chi connectivity index (χ3v) is 3.36. The molecular weight excluding hydrogens is 248 g/mol. The number of thiazole rings is 1. The third-order valence-electron chi connectivity index (χ3n) is 2.64. The standard InChI is InChI=1S/C12H10N4OS/c13-12-15-8(7-18-12)6-16-10-4-2-1-3-9(10)14-5-11(16)17/h1-5,7H,6H2,(H2,13,15). The Balaban J connectivity index is 2.16. The van der Waals surface area contributed by atoms with Gasteiger partial charge in [0.15, 0.2) is 5.13 Å². The topological polar surface area (TPSA) is 73.8 Å². The molecule has 5 nitrogen and oxygen atoms in total. The highest BCUT2D eigenvalue weighted by molar-refractivity contribution is 7.13. The van der Waals surface area contributed by atoms with Crippen LogP contribution in [0.15, 0.2) is 40.6 Å². The van der Waals surface area contributed by atoms with Crippen molar-refractivity contribution < 1.29 is 0 Å². The van der Waals surface area contributed by atoms with Crippen molar-refractivity contribution in [2.45, 2.75) is 6.54 Å². The Morgan fingerprint density at radius 2 is 2.17 bits per heavy atom. The van der Waals surface area contributed by atoms with Gasteiger partial charge >= 0.3 is 0 Å². The van der Waals surface area contributed by atoms with E-state index in [-0.39, 0.29) is 5.56 Å². The van der Waals surface area contributed by atoms with Gasteiger partial charge in [0, 0.05) is 5.38 Å². The molecule has 0 aliphatic rings. The lowest BCUT2D eigenvalue weighted by Gasteiger charge is -2.07. The minimum absolute atomic E-state index is 0.139. The predicted octanol–water partition coefficient (Wildman–Crippen LogP) is 1.48. The average molecular weight is 258 g/mol. The molecule has 0 radical (unpaired) electrons. The van der Waals surface area contributed by atoms with Gasteiger partial charge in [0.2, 0.25) is 0 Å². The molecule has 0 saturated carbocycles. The zero-order valence-corrected chi connectivity index (χ0v) is 10.2. The summed E-state index contributed by atoms with van der Waals surface area (Å²) >= 11 is 1.37. The Morgan fingerprint density at radius 1 is 1.33 bits per heavy atom. The number of nitrogens with two attached hydrogens (primary N) is 1. The lowest BCUT2D eigenvalue weighted by molar-refractivity contribution is 0.770. The normalized spacial score (nSPS) is 10.9. The van der Waals surface area contributed by atoms with Gasteiger partial charge in [0.25, 0.3) is 5.56 Å². The summed E-state index contributed by atoms with van der Waals surface area (Å²) in [5, 5.41) is 2.37. The van der Waals surface area contributed by atoms with Gasteiger partial charge in [-0.05, 0) is 12.1 Å². The van der Waals surface area contributed by atoms with E-state index in [1.165, 1.54) is 17.5 Å². The molecule has 0 unspecified atom stereocenters. The Bertz CT molecular complexity index is 762. The molecule has 18 heavy (non-hydrogen) atoms. The van der Waals surface area contributed by atoms with Crippen LogP contribution >= 0.6 is 11.3 Å². The maximum absolute atomic E-state index is 11.9. The Kier molecular flexibility index (Phi) is 2.56. The first-order valence-corrected chi connectivity index (χ1v) is 6.26. The van der Waals surface area contributed by atoms with Crippen molar-refractivity contribution in [2.75, 3.05) is 5.73 Å². The van der Waals surface area contributed by atoms with Crippen molar-refractivity contribution in [1.82, 2.24) is 14.5 Å². The fourth-order valence-corrected chi connectivity index (χ4v) is 2.39. The van der Waals surface area contributed by atoms with Gasteiger partial charge in [0.05, 0.1) is 29.5 Å². The molecule has 6 heteroatoms. The van der Waals surface area contributed by atoms with Gasteiger partial charge in [-0.2, -0.15) is 0 Å². The van der Waals surface area contributed by atoms with E-state index in [1.54, 1.807) is 4.57 Å². The van der Waals surface area contributed by atoms with Crippen LogP contribution in [-0.2, 0) is 6.54 Å². The van der Waals surface area contributed by atoms with E-state index >= 15 is 0 Å². The second kappa shape index (κ2) is 4.23. The molecule has 0 fully saturated rings. The average Bonchev–Trinajstić information content (AvgIpc) is 2.79. The molecule has 0 spiro atoms. The molecule has 0 aliphatic heterocycles. The van der Waals surface area contributed by atoms with Gasteiger partial charge in [-0.3, -0.25) is 9.36 Å². The molecule has 2 N–H and O–H groups in total. The van der Waals surface area contributed by atoms with Crippen LogP contribution in [0.3, 0.4) is 0 Å². The van der Waals surface area contributed by atoms with Gasteiger partial charge in [-0.15, -0.1) is 11.3 Å². The number of aromatic nitrogens is 3. The number of nitrogen functional groups attached to an aromatic ring is 1. The molecule has 0 aliphatic carbocycles. The van der Waals surface area contributed by atoms with E-state index < -0.39 is 0 Å². The van der Waals surface area contributed by atoms with Crippen LogP contribution in [0.5, 0.6) is 0 Å². The predicted molar refractivity (Wildman–Crippen MR) is 71.6 cm³/mol. The molecule has 0 bridgehead atoms. The summed E-state index contributed by atoms with van der Waals surface area (Å²) in [6, 6.07) is 7.53. The maximum Gasteiger partial charge on any atom is 0.269 e. The SMILES string of the molecule is Nc1nc(Cn2c(=O)cnc3ccccc32)cs1. The summed E-state index contributed by atoms with van der Waals surface area (Å²) in [4.78, 5) is 20.2. The van der Waals surface area contributed by atoms with Crippen LogP contribution in [0.4, 0.5) is 5.13 Å². The van der Waals surface area contributed by atoms with Crippen molar-refractivity contribution in [1.29, 1.82) is 0 Å². The minimum Gasteiger partial charge on any atom is -0.375 e. The highest BCUT2D eigenvalue weighted by atomic mass is 32.1. The first kappa shape index (κ1) is 10.9. The highest BCUT2D eigenvalue weighted by Gasteiger charge is 2.06. The van der Waals surface area contributed by atoms with Crippen molar-refractivity contribution >= 4 is 27.5 Å². The number of rotatable bonds is 2. The van der Waals surface area contributed by atoms with Gasteiger partial charge in [-0.1, -0.05) is 12.1 Å². The first-order valence-electron chi connectivity index (χ1n) is 5.38. The molecule has 2 heterocycles. The molecule has 3 rings (SSSR count). The van der Waals surface area contributed by atoms with Crippen molar-refractivity contribution in [3.05, 3.63) is 51.9 Å². The van der Waals surface area contributed by atoms with E-state index in [1.807, 2.05) is 29.6 Å². The number of nitrogens with zero attached hydrogens (tertiary/aromatic N) is 3. The van der Waals surface area contributed by atoms with Crippen molar-refractivity contribution in [3.63, 3.8) is 0 Å². The molecule has 3 aromatic rings. The number of anilines is 1. The molecule has 0 amide bonds. The van der Waals surface area contributed by atoms with Gasteiger partial charge < -0.3 is 5.73 Å². The largest absolute Gasteiger partial charge is 0.375 e. The quantitative estimate of drug-likeness (QED) is 0.755. The van der Waals surface area contributed by atoms with Crippen LogP contribution in [0.1, 0.15) is 5.69 Å². The molecule has 2 aromatic heterocycles. The fraction of sp³-hybridized carbons (Fsp3) is 0.0833. The minimum atomic E-state index is -0.139. The van der Waals surface area contributed by atoms with Gasteiger partial charge in [0.1, 0.15) is 0 Å². The molecule has 90 valence electrons. The van der Waals surface area contributed by atoms with Crippen LogP contribution in [0.2, 0.25) is 0 Å². The first-order chi connectivity index (χ1) is 8.74. The summed E-state index contributed by atoms with van der Waals surface area (Å²) in [6.45, 7) is 0.412. The summed E-state index contributed by atoms with van der Waals surface area (Å²) in [5.74, 6) is 0. The molecule has 0 atom stereocenters. The number of hydrogen-bond acceptors (Lipinski definition) is 5. The smallest absolute Gasteiger partial charge is 0.269 e. The summed E-state index contributed by atoms with van der Waals surface area (Å²) in [6.07, 6.45) is 1.33. The number of fused-ring (bicyclic) bond motifs is 1. The second-order valence-electron chi connectivity index (χ2n) is 3.85. The van der Waals surface area contributed by atoms with E-state index in [2.05, 4.69) is 9.97 Å². The highest BCUT2D eigenvalue weighted by Crippen LogP contribution is 2.14. The van der Waals surface area contributed by atoms with Crippen LogP contribution in [0, 0.1) is 0 Å². The van der Waals surface area contributed by atoms with Crippen LogP contribution in [0.25, 0.3) is 11.0 Å². The maximum atomic E-state index is 11.9. The Labute approximate surface area is 107 Å². The Morgan fingerprint density at radius 3 is 2.94 bits per heavy atom. The zero-order chi connectivity index (χ0) is 12.5. The number of hydrogen-bond donors (Lipinski definition) is 1. The monoisotopic (exact) mass is 258 g/mol. The molecular formula is C12H10N4OS. The van der Waals surface area contributed by atoms with E-state index in [9.17, 15) is 4.79 Å². The molecule has 1 aromatic carbocycles. The second-order valence-corrected chi connectivity index (χ2v) is 4.74. The number of benzene rings is 1. The fourth-order valence-electron chi connectivity index (χ4n) is 1.84. The van der Waals surface area contributed by atoms with Gasteiger partial charge in [-0.25, -0.2) is 9.97 Å².